The smallest absolute Gasteiger partial charge is 0.273 e. The second-order valence-electron chi connectivity index (χ2n) is 12.6. The quantitative estimate of drug-likeness (QED) is 0.0906. The van der Waals surface area contributed by atoms with Crippen molar-refractivity contribution in [1.82, 2.24) is 9.97 Å². The SMILES string of the molecule is COc1ccc(NC(=O)c2cnc[nH]2)cc1S(=O)(=O)N(CCOCCOC12C=CC=CC1[P+](c1ccccc1)(c1ccccc1)C2)c1ccc(Br)cc1. The van der Waals surface area contributed by atoms with Gasteiger partial charge in [0.25, 0.3) is 15.9 Å². The number of aromatic amines is 1. The van der Waals surface area contributed by atoms with Gasteiger partial charge in [0.15, 0.2) is 5.60 Å². The predicted octanol–water partition coefficient (Wildman–Crippen LogP) is 6.58. The van der Waals surface area contributed by atoms with Gasteiger partial charge in [-0.05, 0) is 78.9 Å². The van der Waals surface area contributed by atoms with Crippen molar-refractivity contribution in [2.75, 3.05) is 49.3 Å². The fourth-order valence-electron chi connectivity index (χ4n) is 7.10. The normalized spacial score (nSPS) is 18.5. The van der Waals surface area contributed by atoms with Gasteiger partial charge in [-0.3, -0.25) is 9.10 Å². The summed E-state index contributed by atoms with van der Waals surface area (Å²) >= 11 is 3.44. The van der Waals surface area contributed by atoms with Crippen LogP contribution in [0.3, 0.4) is 0 Å². The number of fused-ring (bicyclic) bond motifs is 1. The topological polar surface area (TPSA) is 123 Å². The van der Waals surface area contributed by atoms with Gasteiger partial charge < -0.3 is 24.5 Å². The van der Waals surface area contributed by atoms with Gasteiger partial charge in [0, 0.05) is 10.2 Å². The summed E-state index contributed by atoms with van der Waals surface area (Å²) < 4.78 is 49.1. The summed E-state index contributed by atoms with van der Waals surface area (Å²) in [6, 6.07) is 33.0. The molecule has 0 saturated carbocycles. The van der Waals surface area contributed by atoms with E-state index >= 15 is 0 Å². The number of aromatic nitrogens is 2. The van der Waals surface area contributed by atoms with Gasteiger partial charge in [0.05, 0.1) is 58.9 Å². The maximum atomic E-state index is 14.4. The molecular formula is C40H39BrN4O6PS+. The third-order valence-electron chi connectivity index (χ3n) is 9.57. The standard InChI is InChI=1S/C40H38BrN4O6PS/c1-49-36-20-17-31(44-39(46)35-27-42-29-43-35)26-37(36)53(47,48)45(32-18-15-30(41)16-19-32)22-23-50-24-25-51-40-21-9-8-14-38(40)52(28-40,33-10-4-2-5-11-33)34-12-6-3-7-13-34/h2-21,26-27,29,38H,22-25,28H2,1H3,(H-,42,43,44,46)/p+1. The first-order chi connectivity index (χ1) is 25.8. The monoisotopic (exact) mass is 813 g/mol. The lowest BCUT2D eigenvalue weighted by atomic mass is 9.95. The van der Waals surface area contributed by atoms with Gasteiger partial charge in [0.2, 0.25) is 0 Å². The second kappa shape index (κ2) is 15.8. The number of nitrogens with zero attached hydrogens (tertiary/aromatic N) is 2. The number of anilines is 2. The van der Waals surface area contributed by atoms with Crippen LogP contribution in [0.4, 0.5) is 11.4 Å². The lowest BCUT2D eigenvalue weighted by Gasteiger charge is -2.54. The highest BCUT2D eigenvalue weighted by molar-refractivity contribution is 9.10. The van der Waals surface area contributed by atoms with Crippen molar-refractivity contribution in [2.45, 2.75) is 16.2 Å². The number of H-pyrrole nitrogens is 1. The van der Waals surface area contributed by atoms with Crippen LogP contribution in [0.2, 0.25) is 0 Å². The van der Waals surface area contributed by atoms with Crippen LogP contribution in [-0.4, -0.2) is 75.2 Å². The van der Waals surface area contributed by atoms with Crippen LogP contribution < -0.4 is 25.0 Å². The van der Waals surface area contributed by atoms with Crippen molar-refractivity contribution >= 4 is 61.1 Å². The fourth-order valence-corrected chi connectivity index (χ4v) is 14.1. The third kappa shape index (κ3) is 7.34. The van der Waals surface area contributed by atoms with Crippen molar-refractivity contribution in [2.24, 2.45) is 0 Å². The average Bonchev–Trinajstić information content (AvgIpc) is 3.73. The number of sulfonamides is 1. The summed E-state index contributed by atoms with van der Waals surface area (Å²) in [5.74, 6) is -0.327. The molecule has 2 aliphatic rings. The molecule has 1 aromatic heterocycles. The molecule has 0 bridgehead atoms. The number of benzene rings is 4. The Balaban J connectivity index is 1.04. The van der Waals surface area contributed by atoms with E-state index in [0.29, 0.717) is 12.3 Å². The van der Waals surface area contributed by atoms with E-state index in [2.05, 4.69) is 116 Å². The van der Waals surface area contributed by atoms with Crippen LogP contribution in [0, 0.1) is 0 Å². The number of carbonyl (C=O) groups is 1. The van der Waals surface area contributed by atoms with Crippen molar-refractivity contribution in [1.29, 1.82) is 0 Å². The van der Waals surface area contributed by atoms with Crippen molar-refractivity contribution < 1.29 is 27.4 Å². The Hall–Kier alpha value is -4.58. The third-order valence-corrected chi connectivity index (χ3v) is 16.9. The van der Waals surface area contributed by atoms with E-state index in [0.717, 1.165) is 10.6 Å². The maximum absolute atomic E-state index is 14.4. The summed E-state index contributed by atoms with van der Waals surface area (Å²) in [7, 11) is -4.59. The molecule has 53 heavy (non-hydrogen) atoms. The molecule has 1 fully saturated rings. The van der Waals surface area contributed by atoms with Gasteiger partial charge in [0.1, 0.15) is 38.8 Å². The number of rotatable bonds is 15. The zero-order valence-electron chi connectivity index (χ0n) is 29.0. The predicted molar refractivity (Wildman–Crippen MR) is 214 cm³/mol. The Morgan fingerprint density at radius 1 is 0.962 bits per heavy atom. The molecule has 2 N–H and O–H groups in total. The number of carbonyl (C=O) groups excluding carboxylic acids is 1. The molecule has 2 heterocycles. The number of allylic oxidation sites excluding steroid dienone is 2. The molecule has 1 amide bonds. The minimum absolute atomic E-state index is 0.0188. The number of nitrogens with one attached hydrogen (secondary N) is 2. The molecule has 0 spiro atoms. The number of hydrogen-bond donors (Lipinski definition) is 2. The second-order valence-corrected chi connectivity index (χ2v) is 19.0. The van der Waals surface area contributed by atoms with Crippen LogP contribution in [-0.2, 0) is 19.5 Å². The highest BCUT2D eigenvalue weighted by Crippen LogP contribution is 2.75. The average molecular weight is 815 g/mol. The Labute approximate surface area is 318 Å². The van der Waals surface area contributed by atoms with E-state index in [1.807, 2.05) is 0 Å². The molecule has 5 aromatic rings. The zero-order valence-corrected chi connectivity index (χ0v) is 32.3. The molecule has 2 unspecified atom stereocenters. The van der Waals surface area contributed by atoms with Gasteiger partial charge in [-0.15, -0.1) is 0 Å². The van der Waals surface area contributed by atoms with E-state index in [4.69, 9.17) is 14.2 Å². The highest BCUT2D eigenvalue weighted by Gasteiger charge is 2.71. The maximum Gasteiger partial charge on any atom is 0.273 e. The summed E-state index contributed by atoms with van der Waals surface area (Å²) in [6.07, 6.45) is 12.3. The number of ether oxygens (including phenoxy) is 3. The van der Waals surface area contributed by atoms with E-state index in [9.17, 15) is 13.2 Å². The molecule has 1 aliphatic carbocycles. The number of amides is 1. The number of halogens is 1. The van der Waals surface area contributed by atoms with E-state index in [-0.39, 0.29) is 47.4 Å². The Bertz CT molecular complexity index is 2160. The lowest BCUT2D eigenvalue weighted by molar-refractivity contribution is -0.0307. The van der Waals surface area contributed by atoms with Crippen LogP contribution in [0.15, 0.2) is 149 Å². The first kappa shape index (κ1) is 36.8. The molecule has 13 heteroatoms. The molecule has 0 radical (unpaired) electrons. The molecule has 4 aromatic carbocycles. The Kier molecular flexibility index (Phi) is 11.0. The summed E-state index contributed by atoms with van der Waals surface area (Å²) in [5.41, 5.74) is 0.704. The van der Waals surface area contributed by atoms with Gasteiger partial charge in [-0.2, -0.15) is 0 Å². The van der Waals surface area contributed by atoms with Gasteiger partial charge in [-0.1, -0.05) is 64.5 Å². The van der Waals surface area contributed by atoms with Crippen LogP contribution in [0.25, 0.3) is 0 Å². The molecule has 2 atom stereocenters. The number of hydrogen-bond acceptors (Lipinski definition) is 7. The fraction of sp³-hybridized carbons (Fsp3) is 0.200. The van der Waals surface area contributed by atoms with Crippen molar-refractivity contribution in [3.8, 4) is 5.75 Å². The van der Waals surface area contributed by atoms with Gasteiger partial charge in [-0.25, -0.2) is 13.4 Å². The summed E-state index contributed by atoms with van der Waals surface area (Å²) in [6.45, 7) is 0.745. The number of methoxy groups -OCH3 is 1. The van der Waals surface area contributed by atoms with Gasteiger partial charge >= 0.3 is 0 Å². The molecule has 1 aliphatic heterocycles. The summed E-state index contributed by atoms with van der Waals surface area (Å²) in [5, 5.41) is 5.45. The van der Waals surface area contributed by atoms with E-state index < -0.39 is 28.8 Å². The number of imidazole rings is 1. The lowest BCUT2D eigenvalue weighted by Crippen LogP contribution is -2.63. The minimum Gasteiger partial charge on any atom is -0.495 e. The zero-order chi connectivity index (χ0) is 36.9. The molecule has 1 saturated heterocycles. The van der Waals surface area contributed by atoms with E-state index in [1.165, 1.54) is 46.7 Å². The van der Waals surface area contributed by atoms with Crippen LogP contribution >= 0.6 is 23.2 Å². The first-order valence-electron chi connectivity index (χ1n) is 17.1. The molecule has 272 valence electrons. The van der Waals surface area contributed by atoms with E-state index in [1.54, 1.807) is 30.3 Å². The Morgan fingerprint density at radius 2 is 1.68 bits per heavy atom. The minimum atomic E-state index is -4.21. The summed E-state index contributed by atoms with van der Waals surface area (Å²) in [4.78, 5) is 19.2. The molecule has 7 rings (SSSR count). The van der Waals surface area contributed by atoms with Crippen molar-refractivity contribution in [3.63, 3.8) is 0 Å². The van der Waals surface area contributed by atoms with Crippen molar-refractivity contribution in [3.05, 3.63) is 150 Å². The van der Waals surface area contributed by atoms with Crippen LogP contribution in [0.1, 0.15) is 10.5 Å². The highest BCUT2D eigenvalue weighted by atomic mass is 79.9. The molecule has 10 nitrogen and oxygen atoms in total. The largest absolute Gasteiger partial charge is 0.495 e. The Morgan fingerprint density at radius 3 is 2.34 bits per heavy atom. The molecular weight excluding hydrogens is 775 g/mol. The first-order valence-corrected chi connectivity index (χ1v) is 21.4. The van der Waals surface area contributed by atoms with Crippen LogP contribution in [0.5, 0.6) is 5.75 Å².